The minimum atomic E-state index is -0.335. The Morgan fingerprint density at radius 1 is 1.27 bits per heavy atom. The first-order valence-electron chi connectivity index (χ1n) is 4.40. The van der Waals surface area contributed by atoms with Gasteiger partial charge in [0.15, 0.2) is 5.75 Å². The van der Waals surface area contributed by atoms with Crippen molar-refractivity contribution in [3.05, 3.63) is 27.2 Å². The summed E-state index contributed by atoms with van der Waals surface area (Å²) < 4.78 is 5.01. The van der Waals surface area contributed by atoms with Crippen LogP contribution in [0.1, 0.15) is 19.8 Å². The van der Waals surface area contributed by atoms with Crippen LogP contribution in [-0.4, -0.2) is 5.97 Å². The predicted octanol–water partition coefficient (Wildman–Crippen LogP) is 4.35. The second-order valence-electron chi connectivity index (χ2n) is 2.90. The van der Waals surface area contributed by atoms with Crippen LogP contribution in [0.25, 0.3) is 0 Å². The molecular weight excluding hydrogens is 258 g/mol. The lowest BCUT2D eigenvalue weighted by molar-refractivity contribution is -0.134. The molecule has 1 aromatic carbocycles. The van der Waals surface area contributed by atoms with Crippen molar-refractivity contribution in [2.24, 2.45) is 0 Å². The molecule has 5 heteroatoms. The average Bonchev–Trinajstić information content (AvgIpc) is 2.20. The van der Waals surface area contributed by atoms with Gasteiger partial charge in [-0.05, 0) is 18.6 Å². The number of hydrogen-bond donors (Lipinski definition) is 0. The van der Waals surface area contributed by atoms with E-state index in [-0.39, 0.29) is 21.8 Å². The van der Waals surface area contributed by atoms with E-state index < -0.39 is 0 Å². The highest BCUT2D eigenvalue weighted by Crippen LogP contribution is 2.37. The molecule has 0 heterocycles. The minimum Gasteiger partial charge on any atom is -0.425 e. The van der Waals surface area contributed by atoms with Crippen LogP contribution in [0.2, 0.25) is 15.1 Å². The third kappa shape index (κ3) is 3.26. The summed E-state index contributed by atoms with van der Waals surface area (Å²) in [5.41, 5.74) is 0. The van der Waals surface area contributed by atoms with Crippen molar-refractivity contribution in [2.45, 2.75) is 19.8 Å². The first-order chi connectivity index (χ1) is 7.06. The number of carbonyl (C=O) groups excluding carboxylic acids is 1. The molecule has 15 heavy (non-hydrogen) atoms. The Balaban J connectivity index is 2.87. The van der Waals surface area contributed by atoms with Crippen LogP contribution in [0, 0.1) is 0 Å². The average molecular weight is 268 g/mol. The van der Waals surface area contributed by atoms with Crippen molar-refractivity contribution in [3.63, 3.8) is 0 Å². The molecule has 2 nitrogen and oxygen atoms in total. The van der Waals surface area contributed by atoms with Gasteiger partial charge in [-0.25, -0.2) is 0 Å². The third-order valence-electron chi connectivity index (χ3n) is 1.68. The molecule has 1 rings (SSSR count). The van der Waals surface area contributed by atoms with Gasteiger partial charge in [-0.1, -0.05) is 41.7 Å². The van der Waals surface area contributed by atoms with Crippen LogP contribution in [0.4, 0.5) is 0 Å². The fourth-order valence-electron chi connectivity index (χ4n) is 0.965. The van der Waals surface area contributed by atoms with Gasteiger partial charge in [-0.2, -0.15) is 0 Å². The largest absolute Gasteiger partial charge is 0.425 e. The van der Waals surface area contributed by atoms with E-state index in [1.165, 1.54) is 12.1 Å². The molecule has 0 bridgehead atoms. The van der Waals surface area contributed by atoms with Crippen LogP contribution in [0.15, 0.2) is 12.1 Å². The van der Waals surface area contributed by atoms with Gasteiger partial charge in [-0.15, -0.1) is 0 Å². The molecular formula is C10H9Cl3O2. The smallest absolute Gasteiger partial charge is 0.311 e. The van der Waals surface area contributed by atoms with Crippen molar-refractivity contribution in [1.82, 2.24) is 0 Å². The lowest BCUT2D eigenvalue weighted by atomic mass is 10.3. The molecule has 0 saturated heterocycles. The van der Waals surface area contributed by atoms with E-state index in [2.05, 4.69) is 0 Å². The second-order valence-corrected chi connectivity index (χ2v) is 4.06. The van der Waals surface area contributed by atoms with Crippen LogP contribution >= 0.6 is 34.8 Å². The Morgan fingerprint density at radius 3 is 2.53 bits per heavy atom. The number of esters is 1. The molecule has 0 unspecified atom stereocenters. The lowest BCUT2D eigenvalue weighted by Crippen LogP contribution is -2.07. The lowest BCUT2D eigenvalue weighted by Gasteiger charge is -2.07. The van der Waals surface area contributed by atoms with E-state index in [0.717, 1.165) is 6.42 Å². The SMILES string of the molecule is CCCC(=O)Oc1ccc(Cl)c(Cl)c1Cl. The molecule has 0 fully saturated rings. The number of hydrogen-bond acceptors (Lipinski definition) is 2. The summed E-state index contributed by atoms with van der Waals surface area (Å²) in [5.74, 6) is -0.0951. The monoisotopic (exact) mass is 266 g/mol. The Kier molecular flexibility index (Phi) is 4.71. The van der Waals surface area contributed by atoms with Gasteiger partial charge in [0.1, 0.15) is 5.02 Å². The van der Waals surface area contributed by atoms with Gasteiger partial charge in [-0.3, -0.25) is 4.79 Å². The Morgan fingerprint density at radius 2 is 1.93 bits per heavy atom. The maximum atomic E-state index is 11.2. The summed E-state index contributed by atoms with van der Waals surface area (Å²) in [6, 6.07) is 3.05. The van der Waals surface area contributed by atoms with Crippen LogP contribution in [-0.2, 0) is 4.79 Å². The molecule has 0 aliphatic carbocycles. The minimum absolute atomic E-state index is 0.161. The van der Waals surface area contributed by atoms with Crippen LogP contribution in [0.3, 0.4) is 0 Å². The summed E-state index contributed by atoms with van der Waals surface area (Å²) in [5, 5.41) is 0.686. The normalized spacial score (nSPS) is 10.1. The van der Waals surface area contributed by atoms with Crippen molar-refractivity contribution in [3.8, 4) is 5.75 Å². The van der Waals surface area contributed by atoms with E-state index in [1.54, 1.807) is 0 Å². The molecule has 0 saturated carbocycles. The van der Waals surface area contributed by atoms with Crippen molar-refractivity contribution in [1.29, 1.82) is 0 Å². The van der Waals surface area contributed by atoms with Crippen LogP contribution < -0.4 is 4.74 Å². The topological polar surface area (TPSA) is 26.3 Å². The van der Waals surface area contributed by atoms with Crippen molar-refractivity contribution >= 4 is 40.8 Å². The van der Waals surface area contributed by atoms with Crippen molar-refractivity contribution < 1.29 is 9.53 Å². The van der Waals surface area contributed by atoms with Crippen molar-refractivity contribution in [2.75, 3.05) is 0 Å². The maximum absolute atomic E-state index is 11.2. The highest BCUT2D eigenvalue weighted by Gasteiger charge is 2.12. The summed E-state index contributed by atoms with van der Waals surface area (Å²) in [6.07, 6.45) is 1.06. The molecule has 0 aliphatic rings. The summed E-state index contributed by atoms with van der Waals surface area (Å²) in [7, 11) is 0. The first kappa shape index (κ1) is 12.6. The standard InChI is InChI=1S/C10H9Cl3O2/c1-2-3-8(14)15-7-5-4-6(11)9(12)10(7)13/h4-5H,2-3H2,1H3. The summed E-state index contributed by atoms with van der Waals surface area (Å²) >= 11 is 17.4. The molecule has 0 atom stereocenters. The fourth-order valence-corrected chi connectivity index (χ4v) is 1.53. The number of ether oxygens (including phenoxy) is 1. The van der Waals surface area contributed by atoms with E-state index in [9.17, 15) is 4.79 Å². The third-order valence-corrected chi connectivity index (χ3v) is 2.95. The molecule has 1 aromatic rings. The van der Waals surface area contributed by atoms with Gasteiger partial charge >= 0.3 is 5.97 Å². The zero-order valence-corrected chi connectivity index (χ0v) is 10.3. The zero-order chi connectivity index (χ0) is 11.4. The molecule has 82 valence electrons. The van der Waals surface area contributed by atoms with E-state index >= 15 is 0 Å². The van der Waals surface area contributed by atoms with Gasteiger partial charge in [0.2, 0.25) is 0 Å². The number of rotatable bonds is 3. The van der Waals surface area contributed by atoms with Gasteiger partial charge in [0.25, 0.3) is 0 Å². The van der Waals surface area contributed by atoms with Gasteiger partial charge < -0.3 is 4.74 Å². The zero-order valence-electron chi connectivity index (χ0n) is 8.02. The Labute approximate surface area is 103 Å². The highest BCUT2D eigenvalue weighted by atomic mass is 35.5. The molecule has 0 N–H and O–H groups in total. The molecule has 0 amide bonds. The van der Waals surface area contributed by atoms with Gasteiger partial charge in [0, 0.05) is 6.42 Å². The molecule has 0 aromatic heterocycles. The number of halogens is 3. The van der Waals surface area contributed by atoms with E-state index in [1.807, 2.05) is 6.92 Å². The molecule has 0 radical (unpaired) electrons. The molecule has 0 aliphatic heterocycles. The quantitative estimate of drug-likeness (QED) is 0.462. The first-order valence-corrected chi connectivity index (χ1v) is 5.53. The Hall–Kier alpha value is -0.440. The fraction of sp³-hybridized carbons (Fsp3) is 0.300. The highest BCUT2D eigenvalue weighted by molar-refractivity contribution is 6.48. The van der Waals surface area contributed by atoms with Gasteiger partial charge in [0.05, 0.1) is 10.0 Å². The second kappa shape index (κ2) is 5.59. The molecule has 0 spiro atoms. The summed E-state index contributed by atoms with van der Waals surface area (Å²) in [6.45, 7) is 1.89. The number of benzene rings is 1. The maximum Gasteiger partial charge on any atom is 0.311 e. The van der Waals surface area contributed by atoms with E-state index in [0.29, 0.717) is 11.4 Å². The summed E-state index contributed by atoms with van der Waals surface area (Å²) in [4.78, 5) is 11.2. The Bertz CT molecular complexity index is 377. The van der Waals surface area contributed by atoms with Crippen LogP contribution in [0.5, 0.6) is 5.75 Å². The van der Waals surface area contributed by atoms with E-state index in [4.69, 9.17) is 39.5 Å². The predicted molar refractivity (Wildman–Crippen MR) is 62.0 cm³/mol. The number of carbonyl (C=O) groups is 1.